The molecule has 0 saturated heterocycles. The largest absolute Gasteiger partial charge is 0.497 e. The fourth-order valence-corrected chi connectivity index (χ4v) is 5.33. The first-order valence-corrected chi connectivity index (χ1v) is 15.1. The molecule has 0 aliphatic carbocycles. The number of halogens is 1. The molecule has 0 aliphatic heterocycles. The summed E-state index contributed by atoms with van der Waals surface area (Å²) in [6, 6.07) is 11.4. The molecule has 39 heavy (non-hydrogen) atoms. The lowest BCUT2D eigenvalue weighted by atomic mass is 10.1. The summed E-state index contributed by atoms with van der Waals surface area (Å²) < 4.78 is 36.8. The zero-order valence-electron chi connectivity index (χ0n) is 23.6. The van der Waals surface area contributed by atoms with Crippen LogP contribution in [0.15, 0.2) is 42.5 Å². The highest BCUT2D eigenvalue weighted by atomic mass is 35.5. The Bertz CT molecular complexity index is 1220. The molecule has 0 bridgehead atoms. The third kappa shape index (κ3) is 9.61. The van der Waals surface area contributed by atoms with Gasteiger partial charge in [-0.15, -0.1) is 0 Å². The van der Waals surface area contributed by atoms with Gasteiger partial charge < -0.3 is 19.7 Å². The monoisotopic (exact) mass is 581 g/mol. The van der Waals surface area contributed by atoms with Crippen molar-refractivity contribution in [3.8, 4) is 11.5 Å². The lowest BCUT2D eigenvalue weighted by Crippen LogP contribution is -2.49. The summed E-state index contributed by atoms with van der Waals surface area (Å²) in [7, 11) is -0.602. The molecule has 1 unspecified atom stereocenters. The van der Waals surface area contributed by atoms with E-state index in [1.807, 2.05) is 45.0 Å². The van der Waals surface area contributed by atoms with Crippen LogP contribution in [0.5, 0.6) is 11.5 Å². The first-order valence-electron chi connectivity index (χ1n) is 12.9. The average Bonchev–Trinajstić information content (AvgIpc) is 2.89. The first-order chi connectivity index (χ1) is 18.4. The van der Waals surface area contributed by atoms with Crippen LogP contribution in [0, 0.1) is 5.92 Å². The Morgan fingerprint density at radius 3 is 2.36 bits per heavy atom. The molecule has 11 heteroatoms. The second-order valence-electron chi connectivity index (χ2n) is 9.69. The molecule has 0 aromatic heterocycles. The quantitative estimate of drug-likeness (QED) is 0.332. The molecule has 2 rings (SSSR count). The molecule has 1 atom stereocenters. The third-order valence-corrected chi connectivity index (χ3v) is 7.62. The van der Waals surface area contributed by atoms with Gasteiger partial charge in [0.2, 0.25) is 21.8 Å². The predicted octanol–water partition coefficient (Wildman–Crippen LogP) is 4.48. The van der Waals surface area contributed by atoms with Gasteiger partial charge in [0.25, 0.3) is 0 Å². The van der Waals surface area contributed by atoms with Crippen molar-refractivity contribution in [2.45, 2.75) is 52.6 Å². The van der Waals surface area contributed by atoms with Crippen LogP contribution in [0.4, 0.5) is 5.69 Å². The fourth-order valence-electron chi connectivity index (χ4n) is 4.12. The van der Waals surface area contributed by atoms with Gasteiger partial charge in [-0.2, -0.15) is 0 Å². The number of benzene rings is 2. The molecule has 216 valence electrons. The van der Waals surface area contributed by atoms with Gasteiger partial charge in [0.05, 0.1) is 31.2 Å². The Morgan fingerprint density at radius 1 is 1.08 bits per heavy atom. The Kier molecular flexibility index (Phi) is 12.4. The number of methoxy groups -OCH3 is 2. The van der Waals surface area contributed by atoms with Crippen molar-refractivity contribution in [1.29, 1.82) is 0 Å². The average molecular weight is 582 g/mol. The van der Waals surface area contributed by atoms with Crippen molar-refractivity contribution in [1.82, 2.24) is 10.2 Å². The third-order valence-electron chi connectivity index (χ3n) is 6.13. The second kappa shape index (κ2) is 15.0. The molecule has 1 N–H and O–H groups in total. The minimum absolute atomic E-state index is 0.0494. The first kappa shape index (κ1) is 32.2. The number of rotatable bonds is 15. The molecule has 0 radical (unpaired) electrons. The van der Waals surface area contributed by atoms with Crippen LogP contribution in [-0.2, 0) is 26.2 Å². The minimum atomic E-state index is -3.65. The number of nitrogens with zero attached hydrogens (tertiary/aromatic N) is 2. The normalized spacial score (nSPS) is 12.1. The maximum absolute atomic E-state index is 13.6. The number of sulfonamides is 1. The number of carbonyl (C=O) groups excluding carboxylic acids is 2. The van der Waals surface area contributed by atoms with Crippen LogP contribution >= 0.6 is 11.6 Å². The maximum atomic E-state index is 13.6. The van der Waals surface area contributed by atoms with Crippen molar-refractivity contribution in [3.63, 3.8) is 0 Å². The number of carbonyl (C=O) groups is 2. The molecule has 2 aromatic carbocycles. The zero-order chi connectivity index (χ0) is 29.2. The lowest BCUT2D eigenvalue weighted by molar-refractivity contribution is -0.141. The number of anilines is 1. The molecule has 2 amide bonds. The number of hydrogen-bond acceptors (Lipinski definition) is 6. The maximum Gasteiger partial charge on any atom is 0.242 e. The fraction of sp³-hybridized carbons (Fsp3) is 0.500. The van der Waals surface area contributed by atoms with E-state index >= 15 is 0 Å². The topological polar surface area (TPSA) is 105 Å². The second-order valence-corrected chi connectivity index (χ2v) is 12.0. The Hall–Kier alpha value is -2.98. The number of ether oxygens (including phenoxy) is 2. The van der Waals surface area contributed by atoms with Gasteiger partial charge in [0.1, 0.15) is 17.5 Å². The molecule has 0 spiro atoms. The number of amides is 2. The molecule has 0 saturated carbocycles. The van der Waals surface area contributed by atoms with Gasteiger partial charge in [-0.25, -0.2) is 8.42 Å². The van der Waals surface area contributed by atoms with Crippen molar-refractivity contribution in [3.05, 3.63) is 53.1 Å². The summed E-state index contributed by atoms with van der Waals surface area (Å²) in [5.74, 6) is 0.888. The lowest BCUT2D eigenvalue weighted by Gasteiger charge is -2.31. The van der Waals surface area contributed by atoms with E-state index in [-0.39, 0.29) is 48.7 Å². The summed E-state index contributed by atoms with van der Waals surface area (Å²) >= 11 is 6.22. The van der Waals surface area contributed by atoms with Crippen LogP contribution in [0.1, 0.15) is 45.6 Å². The summed E-state index contributed by atoms with van der Waals surface area (Å²) in [6.07, 6.45) is 1.83. The number of hydrogen-bond donors (Lipinski definition) is 1. The van der Waals surface area contributed by atoms with Crippen LogP contribution in [-0.4, -0.2) is 64.7 Å². The van der Waals surface area contributed by atoms with Crippen LogP contribution in [0.3, 0.4) is 0 Å². The highest BCUT2D eigenvalue weighted by molar-refractivity contribution is 7.92. The van der Waals surface area contributed by atoms with Crippen LogP contribution in [0.2, 0.25) is 5.02 Å². The van der Waals surface area contributed by atoms with E-state index in [4.69, 9.17) is 21.1 Å². The number of nitrogens with one attached hydrogen (secondary N) is 1. The molecule has 9 nitrogen and oxygen atoms in total. The van der Waals surface area contributed by atoms with Crippen LogP contribution in [0.25, 0.3) is 0 Å². The molecular formula is C28H40ClN3O6S. The van der Waals surface area contributed by atoms with Gasteiger partial charge in [-0.3, -0.25) is 13.9 Å². The highest BCUT2D eigenvalue weighted by Crippen LogP contribution is 2.30. The Labute approximate surface area is 237 Å². The van der Waals surface area contributed by atoms with E-state index in [0.29, 0.717) is 30.2 Å². The Balaban J connectivity index is 2.25. The van der Waals surface area contributed by atoms with E-state index in [2.05, 4.69) is 5.32 Å². The smallest absolute Gasteiger partial charge is 0.242 e. The van der Waals surface area contributed by atoms with Crippen molar-refractivity contribution >= 4 is 39.1 Å². The summed E-state index contributed by atoms with van der Waals surface area (Å²) in [4.78, 5) is 28.2. The molecule has 0 aliphatic rings. The molecule has 0 fully saturated rings. The summed E-state index contributed by atoms with van der Waals surface area (Å²) in [5.41, 5.74) is 1.20. The zero-order valence-corrected chi connectivity index (χ0v) is 25.1. The molecule has 0 heterocycles. The van der Waals surface area contributed by atoms with Crippen molar-refractivity contribution in [2.75, 3.05) is 37.9 Å². The van der Waals surface area contributed by atoms with E-state index in [1.165, 1.54) is 17.5 Å². The highest BCUT2D eigenvalue weighted by Gasteiger charge is 2.29. The van der Waals surface area contributed by atoms with E-state index in [0.717, 1.165) is 11.8 Å². The molecular weight excluding hydrogens is 542 g/mol. The standard InChI is InChI=1S/C28H40ClN3O6S/c1-7-25(28(34)30-18-20(2)3)31(19-21-10-8-11-23(16-21)37-4)27(33)12-9-15-32(39(6,35)36)22-13-14-26(38-5)24(29)17-22/h8,10-11,13-14,16-17,20,25H,7,9,12,15,18-19H2,1-6H3,(H,30,34). The van der Waals surface area contributed by atoms with Gasteiger partial charge in [-0.05, 0) is 54.7 Å². The summed E-state index contributed by atoms with van der Waals surface area (Å²) in [6.45, 7) is 6.66. The van der Waals surface area contributed by atoms with E-state index in [1.54, 1.807) is 24.1 Å². The summed E-state index contributed by atoms with van der Waals surface area (Å²) in [5, 5.41) is 3.22. The van der Waals surface area contributed by atoms with Gasteiger partial charge in [-0.1, -0.05) is 44.5 Å². The van der Waals surface area contributed by atoms with E-state index < -0.39 is 16.1 Å². The van der Waals surface area contributed by atoms with E-state index in [9.17, 15) is 18.0 Å². The molecule has 2 aromatic rings. The SMILES string of the molecule is CCC(C(=O)NCC(C)C)N(Cc1cccc(OC)c1)C(=O)CCCN(c1ccc(OC)c(Cl)c1)S(C)(=O)=O. The Morgan fingerprint density at radius 2 is 1.79 bits per heavy atom. The van der Waals surface area contributed by atoms with Crippen molar-refractivity contribution < 1.29 is 27.5 Å². The van der Waals surface area contributed by atoms with Crippen LogP contribution < -0.4 is 19.1 Å². The predicted molar refractivity (Wildman–Crippen MR) is 155 cm³/mol. The van der Waals surface area contributed by atoms with Crippen molar-refractivity contribution in [2.24, 2.45) is 5.92 Å². The van der Waals surface area contributed by atoms with Gasteiger partial charge >= 0.3 is 0 Å². The van der Waals surface area contributed by atoms with Gasteiger partial charge in [0.15, 0.2) is 0 Å². The minimum Gasteiger partial charge on any atom is -0.497 e. The van der Waals surface area contributed by atoms with Gasteiger partial charge in [0, 0.05) is 26.1 Å².